The summed E-state index contributed by atoms with van der Waals surface area (Å²) in [5.74, 6) is 0.335. The molecule has 0 saturated carbocycles. The first-order valence-corrected chi connectivity index (χ1v) is 7.52. The van der Waals surface area contributed by atoms with Crippen molar-refractivity contribution in [1.82, 2.24) is 20.4 Å². The molecule has 18 heavy (non-hydrogen) atoms. The molecule has 0 aromatic carbocycles. The molecule has 0 aliphatic carbocycles. The first kappa shape index (κ1) is 13.2. The van der Waals surface area contributed by atoms with Crippen LogP contribution < -0.4 is 10.0 Å². The van der Waals surface area contributed by atoms with Gasteiger partial charge in [0.15, 0.2) is 5.82 Å². The minimum absolute atomic E-state index is 0.0730. The van der Waals surface area contributed by atoms with Gasteiger partial charge in [0, 0.05) is 38.9 Å². The Kier molecular flexibility index (Phi) is 4.45. The Morgan fingerprint density at radius 2 is 2.17 bits per heavy atom. The Balaban J connectivity index is 1.83. The van der Waals surface area contributed by atoms with Crippen LogP contribution in [0.15, 0.2) is 18.3 Å². The zero-order chi connectivity index (χ0) is 12.8. The number of piperazine rings is 1. The van der Waals surface area contributed by atoms with Crippen molar-refractivity contribution in [3.05, 3.63) is 18.3 Å². The molecule has 1 aromatic rings. The highest BCUT2D eigenvalue weighted by Gasteiger charge is 2.15. The molecule has 8 heteroatoms. The van der Waals surface area contributed by atoms with Crippen LogP contribution in [0.4, 0.5) is 5.82 Å². The Hall–Kier alpha value is -1.25. The van der Waals surface area contributed by atoms with Gasteiger partial charge in [0.2, 0.25) is 10.0 Å². The Labute approximate surface area is 107 Å². The lowest BCUT2D eigenvalue weighted by atomic mass is 10.4. The Morgan fingerprint density at radius 1 is 1.39 bits per heavy atom. The van der Waals surface area contributed by atoms with E-state index in [-0.39, 0.29) is 11.6 Å². The van der Waals surface area contributed by atoms with Gasteiger partial charge < -0.3 is 5.32 Å². The summed E-state index contributed by atoms with van der Waals surface area (Å²) in [7, 11) is -3.35. The first-order chi connectivity index (χ1) is 8.66. The van der Waals surface area contributed by atoms with Crippen LogP contribution >= 0.6 is 0 Å². The average molecular weight is 271 g/mol. The van der Waals surface area contributed by atoms with Gasteiger partial charge in [-0.2, -0.15) is 5.10 Å². The smallest absolute Gasteiger partial charge is 0.235 e. The topological polar surface area (TPSA) is 87.2 Å². The molecule has 2 heterocycles. The van der Waals surface area contributed by atoms with Gasteiger partial charge in [0.1, 0.15) is 0 Å². The van der Waals surface area contributed by atoms with E-state index in [2.05, 4.69) is 25.1 Å². The monoisotopic (exact) mass is 271 g/mol. The molecule has 0 atom stereocenters. The van der Waals surface area contributed by atoms with Crippen molar-refractivity contribution >= 4 is 15.8 Å². The van der Waals surface area contributed by atoms with Crippen LogP contribution in [0.2, 0.25) is 0 Å². The van der Waals surface area contributed by atoms with Crippen molar-refractivity contribution in [2.24, 2.45) is 0 Å². The van der Waals surface area contributed by atoms with Crippen LogP contribution in [0.5, 0.6) is 0 Å². The number of hydrogen-bond acceptors (Lipinski definition) is 6. The number of nitrogens with zero attached hydrogens (tertiary/aromatic N) is 3. The predicted octanol–water partition coefficient (Wildman–Crippen LogP) is -0.876. The van der Waals surface area contributed by atoms with Crippen LogP contribution in [0.3, 0.4) is 0 Å². The molecule has 0 radical (unpaired) electrons. The molecule has 7 nitrogen and oxygen atoms in total. The predicted molar refractivity (Wildman–Crippen MR) is 68.8 cm³/mol. The van der Waals surface area contributed by atoms with Gasteiger partial charge in [-0.3, -0.25) is 9.62 Å². The van der Waals surface area contributed by atoms with E-state index in [0.29, 0.717) is 6.54 Å². The first-order valence-electron chi connectivity index (χ1n) is 5.87. The molecule has 1 aliphatic heterocycles. The van der Waals surface area contributed by atoms with Gasteiger partial charge in [-0.25, -0.2) is 8.42 Å². The molecule has 1 aliphatic rings. The van der Waals surface area contributed by atoms with E-state index in [1.165, 1.54) is 6.20 Å². The zero-order valence-corrected chi connectivity index (χ0v) is 10.9. The fourth-order valence-electron chi connectivity index (χ4n) is 1.75. The normalized spacial score (nSPS) is 17.6. The lowest BCUT2D eigenvalue weighted by molar-refractivity contribution is 0.254. The number of hydrogen-bond donors (Lipinski definition) is 2. The number of rotatable bonds is 5. The fourth-order valence-corrected chi connectivity index (χ4v) is 2.78. The molecular formula is C10H17N5O2S. The minimum Gasteiger partial charge on any atom is -0.314 e. The average Bonchev–Trinajstić information content (AvgIpc) is 2.38. The van der Waals surface area contributed by atoms with Gasteiger partial charge in [0.05, 0.1) is 5.75 Å². The van der Waals surface area contributed by atoms with Crippen molar-refractivity contribution < 1.29 is 8.42 Å². The summed E-state index contributed by atoms with van der Waals surface area (Å²) in [5, 5.41) is 10.5. The van der Waals surface area contributed by atoms with E-state index in [1.54, 1.807) is 12.1 Å². The SMILES string of the molecule is O=S(=O)(CCN1CCNCC1)Nc1cccnn1. The maximum absolute atomic E-state index is 11.8. The Bertz CT molecular complexity index is 458. The molecule has 2 rings (SSSR count). The molecule has 0 spiro atoms. The molecule has 0 unspecified atom stereocenters. The lowest BCUT2D eigenvalue weighted by Crippen LogP contribution is -2.45. The second kappa shape index (κ2) is 6.07. The van der Waals surface area contributed by atoms with Crippen LogP contribution in [-0.2, 0) is 10.0 Å². The number of aromatic nitrogens is 2. The highest BCUT2D eigenvalue weighted by Crippen LogP contribution is 2.03. The maximum atomic E-state index is 11.8. The van der Waals surface area contributed by atoms with Crippen LogP contribution in [0.1, 0.15) is 0 Å². The van der Waals surface area contributed by atoms with Gasteiger partial charge in [0.25, 0.3) is 0 Å². The van der Waals surface area contributed by atoms with Crippen molar-refractivity contribution in [2.75, 3.05) is 43.2 Å². The third-order valence-electron chi connectivity index (χ3n) is 2.72. The standard InChI is InChI=1S/C10H17N5O2S/c16-18(17,14-10-2-1-3-12-13-10)9-8-15-6-4-11-5-7-15/h1-3,11H,4-9H2,(H,13,14). The molecule has 100 valence electrons. The highest BCUT2D eigenvalue weighted by atomic mass is 32.2. The summed E-state index contributed by atoms with van der Waals surface area (Å²) in [4.78, 5) is 2.13. The van der Waals surface area contributed by atoms with Crippen LogP contribution in [-0.4, -0.2) is 62.0 Å². The summed E-state index contributed by atoms with van der Waals surface area (Å²) < 4.78 is 26.1. The van der Waals surface area contributed by atoms with Gasteiger partial charge in [-0.1, -0.05) is 0 Å². The van der Waals surface area contributed by atoms with E-state index in [9.17, 15) is 8.42 Å². The van der Waals surface area contributed by atoms with Crippen molar-refractivity contribution in [2.45, 2.75) is 0 Å². The number of anilines is 1. The van der Waals surface area contributed by atoms with Crippen LogP contribution in [0, 0.1) is 0 Å². The third kappa shape index (κ3) is 4.21. The largest absolute Gasteiger partial charge is 0.314 e. The summed E-state index contributed by atoms with van der Waals surface area (Å²) in [6.07, 6.45) is 1.50. The second-order valence-corrected chi connectivity index (χ2v) is 5.96. The van der Waals surface area contributed by atoms with Gasteiger partial charge >= 0.3 is 0 Å². The van der Waals surface area contributed by atoms with Crippen LogP contribution in [0.25, 0.3) is 0 Å². The highest BCUT2D eigenvalue weighted by molar-refractivity contribution is 7.92. The second-order valence-electron chi connectivity index (χ2n) is 4.12. The molecule has 0 amide bonds. The van der Waals surface area contributed by atoms with Gasteiger partial charge in [-0.15, -0.1) is 5.10 Å². The summed E-state index contributed by atoms with van der Waals surface area (Å²) in [5.41, 5.74) is 0. The molecule has 1 saturated heterocycles. The van der Waals surface area contributed by atoms with E-state index in [4.69, 9.17) is 0 Å². The minimum atomic E-state index is -3.35. The van der Waals surface area contributed by atoms with E-state index in [0.717, 1.165) is 26.2 Å². The van der Waals surface area contributed by atoms with E-state index >= 15 is 0 Å². The number of nitrogens with one attached hydrogen (secondary N) is 2. The van der Waals surface area contributed by atoms with E-state index in [1.807, 2.05) is 0 Å². The molecule has 2 N–H and O–H groups in total. The quantitative estimate of drug-likeness (QED) is 0.723. The molecule has 0 bridgehead atoms. The molecular weight excluding hydrogens is 254 g/mol. The Morgan fingerprint density at radius 3 is 2.83 bits per heavy atom. The van der Waals surface area contributed by atoms with Crippen molar-refractivity contribution in [3.8, 4) is 0 Å². The maximum Gasteiger partial charge on any atom is 0.235 e. The third-order valence-corrected chi connectivity index (χ3v) is 3.96. The fraction of sp³-hybridized carbons (Fsp3) is 0.600. The lowest BCUT2D eigenvalue weighted by Gasteiger charge is -2.26. The van der Waals surface area contributed by atoms with Crippen molar-refractivity contribution in [3.63, 3.8) is 0 Å². The number of sulfonamides is 1. The summed E-state index contributed by atoms with van der Waals surface area (Å²) in [6.45, 7) is 4.15. The van der Waals surface area contributed by atoms with Crippen molar-refractivity contribution in [1.29, 1.82) is 0 Å². The molecule has 1 fully saturated rings. The summed E-state index contributed by atoms with van der Waals surface area (Å²) >= 11 is 0. The zero-order valence-electron chi connectivity index (χ0n) is 10.0. The molecule has 1 aromatic heterocycles. The summed E-state index contributed by atoms with van der Waals surface area (Å²) in [6, 6.07) is 3.22. The van der Waals surface area contributed by atoms with E-state index < -0.39 is 10.0 Å². The van der Waals surface area contributed by atoms with Gasteiger partial charge in [-0.05, 0) is 12.1 Å².